The highest BCUT2D eigenvalue weighted by Crippen LogP contribution is 2.22. The van der Waals surface area contributed by atoms with E-state index in [1.54, 1.807) is 13.0 Å². The number of rotatable bonds is 3. The van der Waals surface area contributed by atoms with E-state index in [-0.39, 0.29) is 11.0 Å². The van der Waals surface area contributed by atoms with Crippen molar-refractivity contribution in [2.45, 2.75) is 31.8 Å². The Bertz CT molecular complexity index is 448. The number of hydrogen-bond acceptors (Lipinski definition) is 3. The SMILES string of the molecule is Cc1cc(S(=O)(=O)O)ccc1OC(C)C. The van der Waals surface area contributed by atoms with Crippen LogP contribution in [0, 0.1) is 6.92 Å². The Morgan fingerprint density at radius 2 is 1.93 bits per heavy atom. The largest absolute Gasteiger partial charge is 0.491 e. The van der Waals surface area contributed by atoms with Gasteiger partial charge in [-0.15, -0.1) is 0 Å². The van der Waals surface area contributed by atoms with Gasteiger partial charge >= 0.3 is 0 Å². The molecule has 1 aromatic carbocycles. The summed E-state index contributed by atoms with van der Waals surface area (Å²) in [4.78, 5) is -0.115. The molecule has 15 heavy (non-hydrogen) atoms. The van der Waals surface area contributed by atoms with Crippen LogP contribution in [0.4, 0.5) is 0 Å². The standard InChI is InChI=1S/C10H14O4S/c1-7(2)14-10-5-4-9(6-8(10)3)15(11,12)13/h4-7H,1-3H3,(H,11,12,13). The molecule has 0 unspecified atom stereocenters. The molecule has 0 aliphatic heterocycles. The summed E-state index contributed by atoms with van der Waals surface area (Å²) in [6.45, 7) is 5.50. The molecule has 0 heterocycles. The van der Waals surface area contributed by atoms with Gasteiger partial charge < -0.3 is 4.74 Å². The lowest BCUT2D eigenvalue weighted by Gasteiger charge is -2.12. The van der Waals surface area contributed by atoms with Gasteiger partial charge in [0, 0.05) is 0 Å². The maximum atomic E-state index is 10.8. The minimum Gasteiger partial charge on any atom is -0.491 e. The predicted molar refractivity (Wildman–Crippen MR) is 56.8 cm³/mol. The quantitative estimate of drug-likeness (QED) is 0.807. The lowest BCUT2D eigenvalue weighted by molar-refractivity contribution is 0.240. The Morgan fingerprint density at radius 3 is 2.33 bits per heavy atom. The van der Waals surface area contributed by atoms with E-state index in [1.807, 2.05) is 13.8 Å². The first kappa shape index (κ1) is 12.0. The van der Waals surface area contributed by atoms with Crippen molar-refractivity contribution in [3.8, 4) is 5.75 Å². The minimum absolute atomic E-state index is 0.0280. The number of hydrogen-bond donors (Lipinski definition) is 1. The third-order valence-corrected chi connectivity index (χ3v) is 2.66. The van der Waals surface area contributed by atoms with Crippen molar-refractivity contribution in [1.29, 1.82) is 0 Å². The summed E-state index contributed by atoms with van der Waals surface area (Å²) in [6, 6.07) is 4.24. The first-order chi connectivity index (χ1) is 6.80. The molecule has 0 bridgehead atoms. The van der Waals surface area contributed by atoms with Gasteiger partial charge in [0.05, 0.1) is 11.0 Å². The summed E-state index contributed by atoms with van der Waals surface area (Å²) in [5.74, 6) is 0.623. The molecule has 0 fully saturated rings. The van der Waals surface area contributed by atoms with Crippen molar-refractivity contribution in [1.82, 2.24) is 0 Å². The Labute approximate surface area is 89.6 Å². The average Bonchev–Trinajstić information content (AvgIpc) is 2.05. The van der Waals surface area contributed by atoms with Gasteiger partial charge in [0.15, 0.2) is 0 Å². The van der Waals surface area contributed by atoms with Crippen LogP contribution >= 0.6 is 0 Å². The van der Waals surface area contributed by atoms with Gasteiger partial charge in [-0.1, -0.05) is 0 Å². The molecular weight excluding hydrogens is 216 g/mol. The van der Waals surface area contributed by atoms with Gasteiger partial charge in [-0.3, -0.25) is 4.55 Å². The number of ether oxygens (including phenoxy) is 1. The molecule has 0 spiro atoms. The molecule has 1 aromatic rings. The lowest BCUT2D eigenvalue weighted by Crippen LogP contribution is -2.07. The predicted octanol–water partition coefficient (Wildman–Crippen LogP) is 2.03. The van der Waals surface area contributed by atoms with E-state index < -0.39 is 10.1 Å². The molecule has 4 nitrogen and oxygen atoms in total. The van der Waals surface area contributed by atoms with E-state index in [4.69, 9.17) is 9.29 Å². The first-order valence-electron chi connectivity index (χ1n) is 4.55. The highest BCUT2D eigenvalue weighted by atomic mass is 32.2. The van der Waals surface area contributed by atoms with Crippen LogP contribution in [0.15, 0.2) is 23.1 Å². The molecule has 0 radical (unpaired) electrons. The van der Waals surface area contributed by atoms with Gasteiger partial charge in [0.2, 0.25) is 0 Å². The highest BCUT2D eigenvalue weighted by Gasteiger charge is 2.11. The summed E-state index contributed by atoms with van der Waals surface area (Å²) in [5.41, 5.74) is 0.679. The Hall–Kier alpha value is -1.07. The van der Waals surface area contributed by atoms with Crippen molar-refractivity contribution >= 4 is 10.1 Å². The van der Waals surface area contributed by atoms with Gasteiger partial charge in [-0.05, 0) is 44.5 Å². The molecule has 0 saturated carbocycles. The fourth-order valence-corrected chi connectivity index (χ4v) is 1.73. The number of aryl methyl sites for hydroxylation is 1. The van der Waals surface area contributed by atoms with E-state index in [1.165, 1.54) is 12.1 Å². The number of benzene rings is 1. The monoisotopic (exact) mass is 230 g/mol. The summed E-state index contributed by atoms with van der Waals surface area (Å²) in [7, 11) is -4.13. The zero-order valence-electron chi connectivity index (χ0n) is 8.89. The van der Waals surface area contributed by atoms with Gasteiger partial charge in [-0.2, -0.15) is 8.42 Å². The Kier molecular flexibility index (Phi) is 3.36. The molecule has 0 aromatic heterocycles. The summed E-state index contributed by atoms with van der Waals surface area (Å²) < 4.78 is 35.9. The fraction of sp³-hybridized carbons (Fsp3) is 0.400. The summed E-state index contributed by atoms with van der Waals surface area (Å²) >= 11 is 0. The van der Waals surface area contributed by atoms with Crippen LogP contribution in [0.25, 0.3) is 0 Å². The molecule has 84 valence electrons. The van der Waals surface area contributed by atoms with E-state index in [0.29, 0.717) is 11.3 Å². The molecule has 0 saturated heterocycles. The maximum Gasteiger partial charge on any atom is 0.294 e. The summed E-state index contributed by atoms with van der Waals surface area (Å²) in [6.07, 6.45) is 0.0280. The third kappa shape index (κ3) is 3.21. The van der Waals surface area contributed by atoms with Gasteiger partial charge in [-0.25, -0.2) is 0 Å². The van der Waals surface area contributed by atoms with Crippen LogP contribution in [-0.2, 0) is 10.1 Å². The normalized spacial score (nSPS) is 11.8. The van der Waals surface area contributed by atoms with Crippen LogP contribution in [0.1, 0.15) is 19.4 Å². The van der Waals surface area contributed by atoms with Crippen LogP contribution < -0.4 is 4.74 Å². The molecule has 1 N–H and O–H groups in total. The van der Waals surface area contributed by atoms with Crippen molar-refractivity contribution in [2.75, 3.05) is 0 Å². The topological polar surface area (TPSA) is 63.6 Å². The Morgan fingerprint density at radius 1 is 1.33 bits per heavy atom. The van der Waals surface area contributed by atoms with E-state index in [0.717, 1.165) is 0 Å². The Balaban J connectivity index is 3.09. The zero-order chi connectivity index (χ0) is 11.6. The van der Waals surface area contributed by atoms with Crippen molar-refractivity contribution < 1.29 is 17.7 Å². The highest BCUT2D eigenvalue weighted by molar-refractivity contribution is 7.85. The average molecular weight is 230 g/mol. The van der Waals surface area contributed by atoms with Crippen molar-refractivity contribution in [2.24, 2.45) is 0 Å². The second-order valence-electron chi connectivity index (χ2n) is 3.57. The van der Waals surface area contributed by atoms with Crippen LogP contribution in [0.5, 0.6) is 5.75 Å². The van der Waals surface area contributed by atoms with E-state index in [2.05, 4.69) is 0 Å². The van der Waals surface area contributed by atoms with E-state index >= 15 is 0 Å². The zero-order valence-corrected chi connectivity index (χ0v) is 9.71. The van der Waals surface area contributed by atoms with Crippen molar-refractivity contribution in [3.05, 3.63) is 23.8 Å². The lowest BCUT2D eigenvalue weighted by atomic mass is 10.2. The summed E-state index contributed by atoms with van der Waals surface area (Å²) in [5, 5.41) is 0. The molecular formula is C10H14O4S. The second-order valence-corrected chi connectivity index (χ2v) is 4.99. The molecule has 5 heteroatoms. The van der Waals surface area contributed by atoms with Crippen molar-refractivity contribution in [3.63, 3.8) is 0 Å². The molecule has 0 aliphatic rings. The molecule has 0 atom stereocenters. The smallest absolute Gasteiger partial charge is 0.294 e. The molecule has 0 aliphatic carbocycles. The van der Waals surface area contributed by atoms with Crippen LogP contribution in [0.2, 0.25) is 0 Å². The minimum atomic E-state index is -4.13. The molecule has 1 rings (SSSR count). The third-order valence-electron chi connectivity index (χ3n) is 1.81. The first-order valence-corrected chi connectivity index (χ1v) is 5.99. The maximum absolute atomic E-state index is 10.8. The van der Waals surface area contributed by atoms with Crippen LogP contribution in [-0.4, -0.2) is 19.1 Å². The van der Waals surface area contributed by atoms with Gasteiger partial charge in [0.25, 0.3) is 10.1 Å². The van der Waals surface area contributed by atoms with Crippen LogP contribution in [0.3, 0.4) is 0 Å². The molecule has 0 amide bonds. The van der Waals surface area contributed by atoms with Gasteiger partial charge in [0.1, 0.15) is 5.75 Å². The van der Waals surface area contributed by atoms with E-state index in [9.17, 15) is 8.42 Å². The fourth-order valence-electron chi connectivity index (χ4n) is 1.17. The second kappa shape index (κ2) is 4.20.